The minimum atomic E-state index is -0.298. The van der Waals surface area contributed by atoms with Crippen LogP contribution >= 0.6 is 0 Å². The number of carbonyl (C=O) groups excluding carboxylic acids is 2. The van der Waals surface area contributed by atoms with Gasteiger partial charge in [-0.2, -0.15) is 5.10 Å². The van der Waals surface area contributed by atoms with Crippen LogP contribution < -0.4 is 10.7 Å². The lowest BCUT2D eigenvalue weighted by Crippen LogP contribution is -2.22. The topological polar surface area (TPSA) is 70.6 Å². The van der Waals surface area contributed by atoms with Gasteiger partial charge in [-0.05, 0) is 51.0 Å². The Balaban J connectivity index is 1.90. The molecule has 2 aromatic carbocycles. The van der Waals surface area contributed by atoms with Gasteiger partial charge in [-0.3, -0.25) is 9.59 Å². The maximum Gasteiger partial charge on any atom is 0.267 e. The highest BCUT2D eigenvalue weighted by atomic mass is 16.2. The van der Waals surface area contributed by atoms with E-state index in [0.717, 1.165) is 22.4 Å². The molecule has 5 heteroatoms. The first-order chi connectivity index (χ1) is 12.8. The van der Waals surface area contributed by atoms with Gasteiger partial charge in [-0.15, -0.1) is 0 Å². The summed E-state index contributed by atoms with van der Waals surface area (Å²) in [5.74, 6) is -0.470. The van der Waals surface area contributed by atoms with Crippen LogP contribution in [0.4, 0.5) is 5.69 Å². The highest BCUT2D eigenvalue weighted by Crippen LogP contribution is 2.16. The molecule has 2 N–H and O–H groups in total. The molecule has 0 aromatic heterocycles. The molecule has 0 heterocycles. The number of nitrogens with one attached hydrogen (secondary N) is 2. The molecule has 0 bridgehead atoms. The SMILES string of the molecule is C/C(CC(=O)Nc1ccc(C)cc1C)=N/NC(=O)/C(C)=C/c1ccccc1. The van der Waals surface area contributed by atoms with E-state index >= 15 is 0 Å². The number of hydrazone groups is 1. The smallest absolute Gasteiger partial charge is 0.267 e. The van der Waals surface area contributed by atoms with Crippen molar-refractivity contribution in [2.24, 2.45) is 5.10 Å². The Hall–Kier alpha value is -3.21. The Bertz CT molecular complexity index is 884. The molecule has 0 aliphatic carbocycles. The third-order valence-electron chi connectivity index (χ3n) is 3.96. The Kier molecular flexibility index (Phi) is 7.06. The fourth-order valence-corrected chi connectivity index (χ4v) is 2.52. The van der Waals surface area contributed by atoms with Crippen LogP contribution in [-0.2, 0) is 9.59 Å². The molecule has 0 unspecified atom stereocenters. The van der Waals surface area contributed by atoms with Crippen molar-refractivity contribution in [1.29, 1.82) is 0 Å². The molecule has 0 radical (unpaired) electrons. The van der Waals surface area contributed by atoms with E-state index in [2.05, 4.69) is 15.8 Å². The molecular weight excluding hydrogens is 338 g/mol. The van der Waals surface area contributed by atoms with Crippen molar-refractivity contribution in [3.63, 3.8) is 0 Å². The molecule has 0 fully saturated rings. The highest BCUT2D eigenvalue weighted by Gasteiger charge is 2.08. The summed E-state index contributed by atoms with van der Waals surface area (Å²) in [5, 5.41) is 6.89. The third-order valence-corrected chi connectivity index (χ3v) is 3.96. The number of hydrogen-bond acceptors (Lipinski definition) is 3. The van der Waals surface area contributed by atoms with E-state index in [4.69, 9.17) is 0 Å². The van der Waals surface area contributed by atoms with Gasteiger partial charge in [0.15, 0.2) is 0 Å². The fraction of sp³-hybridized carbons (Fsp3) is 0.227. The molecule has 2 rings (SSSR count). The molecule has 27 heavy (non-hydrogen) atoms. The largest absolute Gasteiger partial charge is 0.326 e. The molecule has 0 atom stereocenters. The Morgan fingerprint density at radius 3 is 2.41 bits per heavy atom. The van der Waals surface area contributed by atoms with E-state index in [1.54, 1.807) is 19.9 Å². The average molecular weight is 363 g/mol. The Morgan fingerprint density at radius 1 is 1.04 bits per heavy atom. The van der Waals surface area contributed by atoms with Gasteiger partial charge in [0.05, 0.1) is 6.42 Å². The second-order valence-electron chi connectivity index (χ2n) is 6.57. The van der Waals surface area contributed by atoms with Gasteiger partial charge in [0, 0.05) is 17.0 Å². The number of rotatable bonds is 6. The summed E-state index contributed by atoms with van der Waals surface area (Å²) in [6, 6.07) is 15.4. The van der Waals surface area contributed by atoms with E-state index in [-0.39, 0.29) is 18.2 Å². The molecule has 140 valence electrons. The summed E-state index contributed by atoms with van der Waals surface area (Å²) in [7, 11) is 0. The van der Waals surface area contributed by atoms with Crippen LogP contribution in [0.25, 0.3) is 6.08 Å². The Morgan fingerprint density at radius 2 is 1.74 bits per heavy atom. The molecule has 0 aliphatic heterocycles. The standard InChI is InChI=1S/C22H25N3O2/c1-15-10-11-20(16(2)12-15)23-21(26)14-18(4)24-25-22(27)17(3)13-19-8-6-5-7-9-19/h5-13H,14H2,1-4H3,(H,23,26)(H,25,27)/b17-13+,24-18-. The minimum absolute atomic E-state index is 0.106. The van der Waals surface area contributed by atoms with Crippen molar-refractivity contribution in [2.45, 2.75) is 34.1 Å². The first-order valence-corrected chi connectivity index (χ1v) is 8.79. The van der Waals surface area contributed by atoms with Gasteiger partial charge in [-0.1, -0.05) is 48.0 Å². The number of anilines is 1. The van der Waals surface area contributed by atoms with Gasteiger partial charge >= 0.3 is 0 Å². The second-order valence-corrected chi connectivity index (χ2v) is 6.57. The summed E-state index contributed by atoms with van der Waals surface area (Å²) in [6.45, 7) is 7.39. The number of amides is 2. The summed E-state index contributed by atoms with van der Waals surface area (Å²) >= 11 is 0. The first kappa shape index (κ1) is 20.1. The van der Waals surface area contributed by atoms with Crippen LogP contribution in [-0.4, -0.2) is 17.5 Å². The lowest BCUT2D eigenvalue weighted by Gasteiger charge is -2.09. The van der Waals surface area contributed by atoms with Gasteiger partial charge in [0.25, 0.3) is 5.91 Å². The first-order valence-electron chi connectivity index (χ1n) is 8.79. The van der Waals surface area contributed by atoms with Crippen molar-refractivity contribution in [2.75, 3.05) is 5.32 Å². The van der Waals surface area contributed by atoms with Crippen LogP contribution in [0.3, 0.4) is 0 Å². The molecular formula is C22H25N3O2. The van der Waals surface area contributed by atoms with Crippen molar-refractivity contribution in [1.82, 2.24) is 5.43 Å². The van der Waals surface area contributed by atoms with Gasteiger partial charge < -0.3 is 5.32 Å². The molecule has 0 saturated heterocycles. The van der Waals surface area contributed by atoms with Gasteiger partial charge in [-0.25, -0.2) is 5.43 Å². The average Bonchev–Trinajstić information content (AvgIpc) is 2.62. The maximum absolute atomic E-state index is 12.2. The molecule has 2 aromatic rings. The predicted molar refractivity (Wildman–Crippen MR) is 111 cm³/mol. The number of hydrogen-bond donors (Lipinski definition) is 2. The monoisotopic (exact) mass is 363 g/mol. The molecule has 0 aliphatic rings. The fourth-order valence-electron chi connectivity index (χ4n) is 2.52. The molecule has 0 spiro atoms. The zero-order chi connectivity index (χ0) is 19.8. The number of carbonyl (C=O) groups is 2. The van der Waals surface area contributed by atoms with E-state index in [1.165, 1.54) is 0 Å². The van der Waals surface area contributed by atoms with Gasteiger partial charge in [0.1, 0.15) is 0 Å². The molecule has 5 nitrogen and oxygen atoms in total. The summed E-state index contributed by atoms with van der Waals surface area (Å²) in [6.07, 6.45) is 1.89. The van der Waals surface area contributed by atoms with E-state index < -0.39 is 0 Å². The molecule has 0 saturated carbocycles. The maximum atomic E-state index is 12.2. The Labute approximate surface area is 160 Å². The van der Waals surface area contributed by atoms with Crippen LogP contribution in [0.1, 0.15) is 37.0 Å². The summed E-state index contributed by atoms with van der Waals surface area (Å²) in [4.78, 5) is 24.3. The second kappa shape index (κ2) is 9.48. The highest BCUT2D eigenvalue weighted by molar-refractivity contribution is 6.06. The number of aryl methyl sites for hydroxylation is 2. The number of benzene rings is 2. The van der Waals surface area contributed by atoms with Crippen LogP contribution in [0.15, 0.2) is 59.2 Å². The quantitative estimate of drug-likeness (QED) is 0.458. The van der Waals surface area contributed by atoms with Crippen LogP contribution in [0.2, 0.25) is 0 Å². The predicted octanol–water partition coefficient (Wildman–Crippen LogP) is 4.23. The molecule has 2 amide bonds. The van der Waals surface area contributed by atoms with E-state index in [1.807, 2.05) is 62.4 Å². The van der Waals surface area contributed by atoms with Crippen LogP contribution in [0, 0.1) is 13.8 Å². The van der Waals surface area contributed by atoms with Crippen molar-refractivity contribution in [3.8, 4) is 0 Å². The van der Waals surface area contributed by atoms with Crippen molar-refractivity contribution in [3.05, 3.63) is 70.8 Å². The zero-order valence-corrected chi connectivity index (χ0v) is 16.2. The number of nitrogens with zero attached hydrogens (tertiary/aromatic N) is 1. The lowest BCUT2D eigenvalue weighted by molar-refractivity contribution is -0.117. The van der Waals surface area contributed by atoms with E-state index in [9.17, 15) is 9.59 Å². The van der Waals surface area contributed by atoms with Crippen LogP contribution in [0.5, 0.6) is 0 Å². The zero-order valence-electron chi connectivity index (χ0n) is 16.2. The normalized spacial score (nSPS) is 11.9. The van der Waals surface area contributed by atoms with Crippen molar-refractivity contribution >= 4 is 29.3 Å². The van der Waals surface area contributed by atoms with Crippen molar-refractivity contribution < 1.29 is 9.59 Å². The van der Waals surface area contributed by atoms with Gasteiger partial charge in [0.2, 0.25) is 5.91 Å². The minimum Gasteiger partial charge on any atom is -0.326 e. The third kappa shape index (κ3) is 6.55. The summed E-state index contributed by atoms with van der Waals surface area (Å²) < 4.78 is 0. The summed E-state index contributed by atoms with van der Waals surface area (Å²) in [5.41, 5.74) is 7.43. The van der Waals surface area contributed by atoms with E-state index in [0.29, 0.717) is 11.3 Å². The lowest BCUT2D eigenvalue weighted by atomic mass is 10.1.